The summed E-state index contributed by atoms with van der Waals surface area (Å²) in [7, 11) is 0. The maximum Gasteiger partial charge on any atom is 0.265 e. The van der Waals surface area contributed by atoms with E-state index in [4.69, 9.17) is 0 Å². The zero-order valence-corrected chi connectivity index (χ0v) is 18.5. The number of nitrogens with zero attached hydrogens (tertiary/aromatic N) is 2. The van der Waals surface area contributed by atoms with Crippen molar-refractivity contribution in [3.8, 4) is 0 Å². The van der Waals surface area contributed by atoms with Gasteiger partial charge in [0.05, 0.1) is 22.5 Å². The van der Waals surface area contributed by atoms with Crippen molar-refractivity contribution >= 4 is 61.1 Å². The summed E-state index contributed by atoms with van der Waals surface area (Å²) < 4.78 is 1.97. The van der Waals surface area contributed by atoms with E-state index in [0.29, 0.717) is 23.4 Å². The Kier molecular flexibility index (Phi) is 3.48. The third-order valence-corrected chi connectivity index (χ3v) is 7.04. The molecule has 142 valence electrons. The molecular weight excluding hydrogens is 496 g/mol. The molecule has 1 unspecified atom stereocenters. The summed E-state index contributed by atoms with van der Waals surface area (Å²) in [5, 5.41) is 0. The molecule has 4 aliphatic rings. The molecule has 0 N–H and O–H groups in total. The Morgan fingerprint density at radius 2 is 1.59 bits per heavy atom. The molecule has 0 fully saturated rings. The molecule has 0 radical (unpaired) electrons. The Morgan fingerprint density at radius 3 is 2.38 bits per heavy atom. The maximum absolute atomic E-state index is 13.5. The highest BCUT2D eigenvalue weighted by Gasteiger charge is 2.51. The Morgan fingerprint density at radius 1 is 0.897 bits per heavy atom. The topological polar surface area (TPSA) is 40.6 Å². The summed E-state index contributed by atoms with van der Waals surface area (Å²) in [6.45, 7) is 2.70. The molecule has 1 atom stereocenters. The van der Waals surface area contributed by atoms with Gasteiger partial charge in [-0.25, -0.2) is 0 Å². The van der Waals surface area contributed by atoms with Crippen LogP contribution in [0.25, 0.3) is 17.5 Å². The second-order valence-electron chi connectivity index (χ2n) is 7.72. The third-order valence-electron chi connectivity index (χ3n) is 6.05. The van der Waals surface area contributed by atoms with Gasteiger partial charge in [0.15, 0.2) is 0 Å². The van der Waals surface area contributed by atoms with E-state index in [1.54, 1.807) is 16.0 Å². The summed E-state index contributed by atoms with van der Waals surface area (Å²) >= 11 is 7.05. The van der Waals surface area contributed by atoms with Crippen LogP contribution in [0.2, 0.25) is 0 Å². The molecule has 2 aromatic rings. The summed E-state index contributed by atoms with van der Waals surface area (Å²) in [6, 6.07) is 12.0. The van der Waals surface area contributed by atoms with E-state index in [0.717, 1.165) is 36.9 Å². The number of hydrogen-bond donors (Lipinski definition) is 0. The van der Waals surface area contributed by atoms with Gasteiger partial charge in [-0.1, -0.05) is 50.9 Å². The van der Waals surface area contributed by atoms with Crippen molar-refractivity contribution in [3.63, 3.8) is 0 Å². The molecule has 4 aliphatic heterocycles. The summed E-state index contributed by atoms with van der Waals surface area (Å²) in [4.78, 5) is 30.4. The van der Waals surface area contributed by atoms with Gasteiger partial charge >= 0.3 is 0 Å². The lowest BCUT2D eigenvalue weighted by Crippen LogP contribution is -2.34. The normalized spacial score (nSPS) is 21.4. The molecule has 0 aromatic heterocycles. The van der Waals surface area contributed by atoms with Crippen molar-refractivity contribution in [2.75, 3.05) is 6.54 Å². The smallest absolute Gasteiger partial charge is 0.265 e. The van der Waals surface area contributed by atoms with Crippen LogP contribution in [0.3, 0.4) is 0 Å². The molecule has 0 spiro atoms. The minimum Gasteiger partial charge on any atom is -0.306 e. The van der Waals surface area contributed by atoms with Gasteiger partial charge in [-0.2, -0.15) is 0 Å². The Labute approximate surface area is 184 Å². The second-order valence-corrected chi connectivity index (χ2v) is 9.55. The number of carbonyl (C=O) groups excluding carboxylic acids is 2. The first-order valence-corrected chi connectivity index (χ1v) is 11.0. The maximum atomic E-state index is 13.5. The van der Waals surface area contributed by atoms with Crippen LogP contribution in [0.5, 0.6) is 0 Å². The van der Waals surface area contributed by atoms with Gasteiger partial charge in [0.1, 0.15) is 0 Å². The lowest BCUT2D eigenvalue weighted by atomic mass is 9.88. The number of carbonyl (C=O) groups is 2. The lowest BCUT2D eigenvalue weighted by molar-refractivity contribution is -0.123. The van der Waals surface area contributed by atoms with E-state index in [2.05, 4.69) is 44.8 Å². The molecule has 0 bridgehead atoms. The predicted molar refractivity (Wildman–Crippen MR) is 118 cm³/mol. The molecule has 2 aromatic carbocycles. The monoisotopic (exact) mass is 508 g/mol. The van der Waals surface area contributed by atoms with Gasteiger partial charge in [-0.3, -0.25) is 14.5 Å². The van der Waals surface area contributed by atoms with Crippen molar-refractivity contribution in [1.82, 2.24) is 9.80 Å². The van der Waals surface area contributed by atoms with Crippen LogP contribution in [-0.2, 0) is 9.59 Å². The second kappa shape index (κ2) is 5.80. The molecule has 0 saturated carbocycles. The van der Waals surface area contributed by atoms with Crippen molar-refractivity contribution < 1.29 is 9.59 Å². The molecule has 0 aliphatic carbocycles. The van der Waals surface area contributed by atoms with Crippen LogP contribution in [-0.4, -0.2) is 28.2 Å². The number of amides is 2. The Balaban J connectivity index is 1.67. The zero-order valence-electron chi connectivity index (χ0n) is 15.4. The fourth-order valence-corrected chi connectivity index (χ4v) is 5.56. The number of rotatable bonds is 0. The minimum absolute atomic E-state index is 0.0783. The lowest BCUT2D eigenvalue weighted by Gasteiger charge is -2.33. The SMILES string of the molecule is CC1CN2C(=O)C3=C4c5ccc(Br)cc5C=CN4C(=O)C3=C2c2ccc(Br)cc21. The van der Waals surface area contributed by atoms with Crippen LogP contribution in [0.4, 0.5) is 0 Å². The molecule has 4 nitrogen and oxygen atoms in total. The average molecular weight is 510 g/mol. The molecule has 0 saturated heterocycles. The summed E-state index contributed by atoms with van der Waals surface area (Å²) in [5.74, 6) is -0.0135. The number of halogens is 2. The van der Waals surface area contributed by atoms with Crippen molar-refractivity contribution in [2.24, 2.45) is 0 Å². The van der Waals surface area contributed by atoms with Crippen LogP contribution >= 0.6 is 31.9 Å². The van der Waals surface area contributed by atoms with E-state index in [9.17, 15) is 9.59 Å². The highest BCUT2D eigenvalue weighted by Crippen LogP contribution is 2.51. The van der Waals surface area contributed by atoms with E-state index in [-0.39, 0.29) is 17.7 Å². The van der Waals surface area contributed by atoms with Gasteiger partial charge < -0.3 is 4.90 Å². The molecule has 4 heterocycles. The molecule has 6 heteroatoms. The van der Waals surface area contributed by atoms with Crippen molar-refractivity contribution in [3.05, 3.63) is 84.9 Å². The number of hydrogen-bond acceptors (Lipinski definition) is 2. The highest BCUT2D eigenvalue weighted by molar-refractivity contribution is 9.10. The average Bonchev–Trinajstić information content (AvgIpc) is 3.15. The fraction of sp³-hybridized carbons (Fsp3) is 0.130. The van der Waals surface area contributed by atoms with Crippen molar-refractivity contribution in [2.45, 2.75) is 12.8 Å². The van der Waals surface area contributed by atoms with Crippen LogP contribution in [0.1, 0.15) is 35.1 Å². The van der Waals surface area contributed by atoms with Gasteiger partial charge in [0, 0.05) is 32.8 Å². The zero-order chi connectivity index (χ0) is 20.0. The fourth-order valence-electron chi connectivity index (χ4n) is 4.80. The Bertz CT molecular complexity index is 1270. The molecule has 6 rings (SSSR count). The van der Waals surface area contributed by atoms with Crippen LogP contribution in [0.15, 0.2) is 62.7 Å². The first-order valence-electron chi connectivity index (χ1n) is 9.38. The van der Waals surface area contributed by atoms with Gasteiger partial charge in [-0.15, -0.1) is 0 Å². The molecule has 2 amide bonds. The Hall–Kier alpha value is -2.44. The highest BCUT2D eigenvalue weighted by atomic mass is 79.9. The molecular formula is C23H14Br2N2O2. The largest absolute Gasteiger partial charge is 0.306 e. The summed E-state index contributed by atoms with van der Waals surface area (Å²) in [5.41, 5.74) is 6.55. The minimum atomic E-state index is -0.130. The van der Waals surface area contributed by atoms with Gasteiger partial charge in [0.25, 0.3) is 11.8 Å². The van der Waals surface area contributed by atoms with Crippen LogP contribution < -0.4 is 0 Å². The first-order chi connectivity index (χ1) is 14.0. The quantitative estimate of drug-likeness (QED) is 0.494. The summed E-state index contributed by atoms with van der Waals surface area (Å²) in [6.07, 6.45) is 3.70. The van der Waals surface area contributed by atoms with Gasteiger partial charge in [0.2, 0.25) is 0 Å². The molecule has 29 heavy (non-hydrogen) atoms. The van der Waals surface area contributed by atoms with E-state index in [1.165, 1.54) is 0 Å². The standard InChI is InChI=1S/C23H14Br2N2O2/c1-11-10-27-21(16-5-3-14(25)9-17(11)16)19-18(23(27)29)20-15-4-2-13(24)8-12(15)6-7-26(20)22(19)28/h2-9,11H,10H2,1H3. The van der Waals surface area contributed by atoms with Crippen molar-refractivity contribution in [1.29, 1.82) is 0 Å². The van der Waals surface area contributed by atoms with E-state index >= 15 is 0 Å². The van der Waals surface area contributed by atoms with E-state index in [1.807, 2.05) is 36.4 Å². The van der Waals surface area contributed by atoms with E-state index < -0.39 is 0 Å². The number of fused-ring (bicyclic) bond motifs is 7. The predicted octanol–water partition coefficient (Wildman–Crippen LogP) is 5.12. The number of benzene rings is 2. The van der Waals surface area contributed by atoms with Crippen LogP contribution in [0, 0.1) is 0 Å². The van der Waals surface area contributed by atoms with Gasteiger partial charge in [-0.05, 0) is 47.4 Å². The third kappa shape index (κ3) is 2.19. The first kappa shape index (κ1) is 17.4.